The Morgan fingerprint density at radius 2 is 2.00 bits per heavy atom. The highest BCUT2D eigenvalue weighted by Gasteiger charge is 2.26. The molecule has 1 heterocycles. The van der Waals surface area contributed by atoms with Crippen molar-refractivity contribution in [3.8, 4) is 17.0 Å². The van der Waals surface area contributed by atoms with Gasteiger partial charge in [-0.3, -0.25) is 0 Å². The van der Waals surface area contributed by atoms with Gasteiger partial charge in [-0.2, -0.15) is 0 Å². The maximum absolute atomic E-state index is 14.6. The fraction of sp³-hybridized carbons (Fsp3) is 0.200. The van der Waals surface area contributed by atoms with Crippen LogP contribution in [0.3, 0.4) is 0 Å². The fourth-order valence-corrected chi connectivity index (χ4v) is 3.09. The van der Waals surface area contributed by atoms with E-state index in [2.05, 4.69) is 9.72 Å². The molecule has 0 fully saturated rings. The lowest BCUT2D eigenvalue weighted by atomic mass is 10.1. The van der Waals surface area contributed by atoms with Crippen LogP contribution in [0.15, 0.2) is 12.1 Å². The van der Waals surface area contributed by atoms with Crippen molar-refractivity contribution in [2.24, 2.45) is 0 Å². The molecule has 0 unspecified atom stereocenters. The smallest absolute Gasteiger partial charge is 0.357 e. The average molecular weight is 469 g/mol. The summed E-state index contributed by atoms with van der Waals surface area (Å²) < 4.78 is 38.9. The van der Waals surface area contributed by atoms with E-state index in [9.17, 15) is 13.6 Å². The third-order valence-corrected chi connectivity index (χ3v) is 4.36. The van der Waals surface area contributed by atoms with Gasteiger partial charge in [0.05, 0.1) is 24.9 Å². The second-order valence-corrected chi connectivity index (χ2v) is 5.75. The Morgan fingerprint density at radius 3 is 2.54 bits per heavy atom. The van der Waals surface area contributed by atoms with Crippen LogP contribution in [0.5, 0.6) is 5.75 Å². The van der Waals surface area contributed by atoms with Crippen LogP contribution in [0.25, 0.3) is 11.3 Å². The summed E-state index contributed by atoms with van der Waals surface area (Å²) >= 11 is 7.75. The first-order valence-corrected chi connectivity index (χ1v) is 8.42. The molecule has 5 nitrogen and oxygen atoms in total. The molecule has 0 saturated heterocycles. The molecule has 0 aliphatic heterocycles. The summed E-state index contributed by atoms with van der Waals surface area (Å²) in [6.45, 7) is 0. The molecule has 2 N–H and O–H groups in total. The molecule has 0 saturated carbocycles. The van der Waals surface area contributed by atoms with Crippen LogP contribution in [0, 0.1) is 11.6 Å². The van der Waals surface area contributed by atoms with Gasteiger partial charge in [0, 0.05) is 15.6 Å². The monoisotopic (exact) mass is 468 g/mol. The summed E-state index contributed by atoms with van der Waals surface area (Å²) in [6.07, 6.45) is 0. The highest BCUT2D eigenvalue weighted by atomic mass is 127. The van der Waals surface area contributed by atoms with Gasteiger partial charge in [0.2, 0.25) is 0 Å². The standard InChI is InChI=1S/C15H12ClF2IN2O3/c1-23-14-8(16)4-3-6(9(14)17)12-10(18)11(20)7(5-19)13(21-12)15(22)24-2/h3-4H,5H2,1-2H3,(H2,20,21). The van der Waals surface area contributed by atoms with Gasteiger partial charge in [0.25, 0.3) is 0 Å². The van der Waals surface area contributed by atoms with E-state index in [4.69, 9.17) is 22.1 Å². The van der Waals surface area contributed by atoms with Crippen LogP contribution in [-0.2, 0) is 9.16 Å². The van der Waals surface area contributed by atoms with E-state index < -0.39 is 23.3 Å². The van der Waals surface area contributed by atoms with Crippen LogP contribution in [0.4, 0.5) is 14.5 Å². The molecule has 128 valence electrons. The van der Waals surface area contributed by atoms with Crippen molar-refractivity contribution in [3.63, 3.8) is 0 Å². The third-order valence-electron chi connectivity index (χ3n) is 3.30. The number of nitrogens with zero attached hydrogens (tertiary/aromatic N) is 1. The molecule has 0 atom stereocenters. The zero-order valence-corrected chi connectivity index (χ0v) is 15.5. The van der Waals surface area contributed by atoms with E-state index in [-0.39, 0.29) is 37.7 Å². The Kier molecular flexibility index (Phi) is 5.81. The topological polar surface area (TPSA) is 74.4 Å². The summed E-state index contributed by atoms with van der Waals surface area (Å²) in [7, 11) is 2.39. The molecule has 0 amide bonds. The summed E-state index contributed by atoms with van der Waals surface area (Å²) in [5.74, 6) is -2.89. The predicted molar refractivity (Wildman–Crippen MR) is 94.6 cm³/mol. The number of hydrogen-bond donors (Lipinski definition) is 1. The van der Waals surface area contributed by atoms with Crippen LogP contribution < -0.4 is 10.5 Å². The number of hydrogen-bond acceptors (Lipinski definition) is 5. The van der Waals surface area contributed by atoms with Crippen molar-refractivity contribution in [3.05, 3.63) is 40.0 Å². The Morgan fingerprint density at radius 1 is 1.33 bits per heavy atom. The largest absolute Gasteiger partial charge is 0.492 e. The molecule has 0 spiro atoms. The maximum atomic E-state index is 14.6. The van der Waals surface area contributed by atoms with Crippen LogP contribution in [0.1, 0.15) is 16.1 Å². The molecule has 9 heteroatoms. The number of rotatable bonds is 4. The number of carbonyl (C=O) groups excluding carboxylic acids is 1. The van der Waals surface area contributed by atoms with E-state index in [1.165, 1.54) is 19.2 Å². The van der Waals surface area contributed by atoms with Crippen molar-refractivity contribution < 1.29 is 23.0 Å². The zero-order chi connectivity index (χ0) is 18.0. The molecule has 2 aromatic rings. The molecule has 1 aromatic heterocycles. The van der Waals surface area contributed by atoms with Crippen molar-refractivity contribution in [1.82, 2.24) is 4.98 Å². The molecule has 24 heavy (non-hydrogen) atoms. The van der Waals surface area contributed by atoms with Gasteiger partial charge < -0.3 is 15.2 Å². The van der Waals surface area contributed by atoms with Gasteiger partial charge in [-0.05, 0) is 12.1 Å². The molecule has 0 aliphatic carbocycles. The fourth-order valence-electron chi connectivity index (χ4n) is 2.10. The van der Waals surface area contributed by atoms with Gasteiger partial charge in [-0.15, -0.1) is 0 Å². The van der Waals surface area contributed by atoms with Gasteiger partial charge in [-0.25, -0.2) is 18.6 Å². The average Bonchev–Trinajstić information content (AvgIpc) is 2.57. The van der Waals surface area contributed by atoms with E-state index in [0.29, 0.717) is 0 Å². The van der Waals surface area contributed by atoms with E-state index in [1.807, 2.05) is 22.6 Å². The summed E-state index contributed by atoms with van der Waals surface area (Å²) in [5, 5.41) is 0.0178. The minimum absolute atomic E-state index is 0.0178. The molecule has 0 bridgehead atoms. The van der Waals surface area contributed by atoms with E-state index in [1.54, 1.807) is 0 Å². The number of anilines is 1. The van der Waals surface area contributed by atoms with Gasteiger partial charge in [-0.1, -0.05) is 34.2 Å². The molecular formula is C15H12ClF2IN2O3. The normalized spacial score (nSPS) is 10.6. The Labute approximate surface area is 155 Å². The van der Waals surface area contributed by atoms with Gasteiger partial charge in [0.15, 0.2) is 23.1 Å². The Balaban J connectivity index is 2.81. The quantitative estimate of drug-likeness (QED) is 0.417. The number of nitrogens with two attached hydrogens (primary N) is 1. The number of halogens is 4. The van der Waals surface area contributed by atoms with Crippen molar-refractivity contribution >= 4 is 45.8 Å². The lowest BCUT2D eigenvalue weighted by Crippen LogP contribution is -2.13. The lowest BCUT2D eigenvalue weighted by Gasteiger charge is -2.14. The van der Waals surface area contributed by atoms with Crippen LogP contribution in [0.2, 0.25) is 5.02 Å². The van der Waals surface area contributed by atoms with E-state index in [0.717, 1.165) is 7.11 Å². The maximum Gasteiger partial charge on any atom is 0.357 e. The summed E-state index contributed by atoms with van der Waals surface area (Å²) in [6, 6.07) is 2.57. The number of esters is 1. The zero-order valence-electron chi connectivity index (χ0n) is 12.6. The van der Waals surface area contributed by atoms with Crippen molar-refractivity contribution in [2.75, 3.05) is 20.0 Å². The predicted octanol–water partition coefficient (Wildman–Crippen LogP) is 3.99. The number of pyridine rings is 1. The number of methoxy groups -OCH3 is 2. The summed E-state index contributed by atoms with van der Waals surface area (Å²) in [5.41, 5.74) is 4.84. The first-order valence-electron chi connectivity index (χ1n) is 6.51. The lowest BCUT2D eigenvalue weighted by molar-refractivity contribution is 0.0593. The first-order chi connectivity index (χ1) is 11.4. The highest BCUT2D eigenvalue weighted by molar-refractivity contribution is 14.1. The molecule has 0 aliphatic rings. The molecule has 2 rings (SSSR count). The minimum Gasteiger partial charge on any atom is -0.492 e. The Bertz CT molecular complexity index is 818. The van der Waals surface area contributed by atoms with Gasteiger partial charge in [0.1, 0.15) is 5.69 Å². The number of aromatic nitrogens is 1. The van der Waals surface area contributed by atoms with Gasteiger partial charge >= 0.3 is 5.97 Å². The summed E-state index contributed by atoms with van der Waals surface area (Å²) in [4.78, 5) is 15.8. The number of carbonyl (C=O) groups is 1. The van der Waals surface area contributed by atoms with Crippen LogP contribution in [-0.4, -0.2) is 25.2 Å². The molecule has 0 radical (unpaired) electrons. The Hall–Kier alpha value is -1.68. The minimum atomic E-state index is -0.933. The second-order valence-electron chi connectivity index (χ2n) is 4.58. The number of ether oxygens (including phenoxy) is 2. The van der Waals surface area contributed by atoms with Crippen molar-refractivity contribution in [1.29, 1.82) is 0 Å². The third kappa shape index (κ3) is 3.12. The molecule has 1 aromatic carbocycles. The van der Waals surface area contributed by atoms with Crippen molar-refractivity contribution in [2.45, 2.75) is 4.43 Å². The van der Waals surface area contributed by atoms with Crippen LogP contribution >= 0.6 is 34.2 Å². The second kappa shape index (κ2) is 7.47. The SMILES string of the molecule is COC(=O)c1nc(-c2ccc(Cl)c(OC)c2F)c(F)c(N)c1CI. The number of benzene rings is 1. The van der Waals surface area contributed by atoms with E-state index >= 15 is 0 Å². The molecular weight excluding hydrogens is 457 g/mol. The number of nitrogen functional groups attached to an aromatic ring is 1. The number of alkyl halides is 1. The first kappa shape index (κ1) is 18.7. The highest BCUT2D eigenvalue weighted by Crippen LogP contribution is 2.37.